The molecule has 144 valence electrons. The van der Waals surface area contributed by atoms with Gasteiger partial charge in [0.15, 0.2) is 0 Å². The number of carbonyl (C=O) groups excluding carboxylic acids is 2. The van der Waals surface area contributed by atoms with E-state index in [1.165, 1.54) is 26.2 Å². The molecule has 0 atom stereocenters. The first kappa shape index (κ1) is 20.9. The SMILES string of the molecule is CN(CC(=O)Nc1cccc(Cl)c1)C(=O)CN(C)S(=O)(=O)c1ccccc1. The minimum atomic E-state index is -3.78. The summed E-state index contributed by atoms with van der Waals surface area (Å²) in [5, 5.41) is 3.11. The summed E-state index contributed by atoms with van der Waals surface area (Å²) in [5.74, 6) is -0.917. The average molecular weight is 410 g/mol. The summed E-state index contributed by atoms with van der Waals surface area (Å²) in [4.78, 5) is 25.6. The fourth-order valence-corrected chi connectivity index (χ4v) is 3.57. The first-order chi connectivity index (χ1) is 12.7. The van der Waals surface area contributed by atoms with Crippen LogP contribution in [0.4, 0.5) is 5.69 Å². The molecule has 2 amide bonds. The van der Waals surface area contributed by atoms with E-state index in [1.54, 1.807) is 42.5 Å². The zero-order valence-corrected chi connectivity index (χ0v) is 16.5. The van der Waals surface area contributed by atoms with Gasteiger partial charge in [-0.2, -0.15) is 4.31 Å². The molecule has 2 aromatic rings. The molecule has 0 unspecified atom stereocenters. The molecule has 0 bridgehead atoms. The molecule has 0 heterocycles. The van der Waals surface area contributed by atoms with Gasteiger partial charge >= 0.3 is 0 Å². The van der Waals surface area contributed by atoms with Gasteiger partial charge in [-0.15, -0.1) is 0 Å². The highest BCUT2D eigenvalue weighted by atomic mass is 35.5. The number of benzene rings is 2. The Hall–Kier alpha value is -2.42. The van der Waals surface area contributed by atoms with Crippen LogP contribution in [-0.4, -0.2) is 56.6 Å². The highest BCUT2D eigenvalue weighted by Crippen LogP contribution is 2.15. The number of carbonyl (C=O) groups is 2. The van der Waals surface area contributed by atoms with E-state index in [0.717, 1.165) is 9.21 Å². The Morgan fingerprint density at radius 3 is 2.30 bits per heavy atom. The lowest BCUT2D eigenvalue weighted by atomic mass is 10.3. The molecule has 0 aromatic heterocycles. The van der Waals surface area contributed by atoms with Gasteiger partial charge in [-0.25, -0.2) is 8.42 Å². The number of likely N-dealkylation sites (N-methyl/N-ethyl adjacent to an activating group) is 2. The van der Waals surface area contributed by atoms with E-state index in [9.17, 15) is 18.0 Å². The molecule has 9 heteroatoms. The van der Waals surface area contributed by atoms with E-state index in [2.05, 4.69) is 5.32 Å². The van der Waals surface area contributed by atoms with Crippen molar-refractivity contribution < 1.29 is 18.0 Å². The maximum absolute atomic E-state index is 12.4. The third-order valence-electron chi connectivity index (χ3n) is 3.72. The smallest absolute Gasteiger partial charge is 0.243 e. The van der Waals surface area contributed by atoms with Crippen LogP contribution in [0.2, 0.25) is 5.02 Å². The quantitative estimate of drug-likeness (QED) is 0.758. The number of hydrogen-bond donors (Lipinski definition) is 1. The third kappa shape index (κ3) is 5.78. The second-order valence-electron chi connectivity index (χ2n) is 5.88. The van der Waals surface area contributed by atoms with Crippen LogP contribution in [0.3, 0.4) is 0 Å². The van der Waals surface area contributed by atoms with E-state index in [-0.39, 0.29) is 18.0 Å². The topological polar surface area (TPSA) is 86.8 Å². The van der Waals surface area contributed by atoms with Crippen molar-refractivity contribution in [3.63, 3.8) is 0 Å². The number of amides is 2. The van der Waals surface area contributed by atoms with Gasteiger partial charge in [-0.05, 0) is 30.3 Å². The van der Waals surface area contributed by atoms with Crippen LogP contribution in [0, 0.1) is 0 Å². The van der Waals surface area contributed by atoms with Crippen LogP contribution in [0.15, 0.2) is 59.5 Å². The summed E-state index contributed by atoms with van der Waals surface area (Å²) >= 11 is 5.86. The molecule has 0 fully saturated rings. The lowest BCUT2D eigenvalue weighted by Crippen LogP contribution is -2.42. The number of hydrogen-bond acceptors (Lipinski definition) is 4. The first-order valence-electron chi connectivity index (χ1n) is 8.01. The van der Waals surface area contributed by atoms with Crippen LogP contribution in [0.25, 0.3) is 0 Å². The predicted molar refractivity (Wildman–Crippen MR) is 104 cm³/mol. The molecule has 2 aromatic carbocycles. The Bertz CT molecular complexity index is 919. The second kappa shape index (κ2) is 8.98. The molecule has 2 rings (SSSR count). The van der Waals surface area contributed by atoms with Crippen LogP contribution < -0.4 is 5.32 Å². The van der Waals surface area contributed by atoms with E-state index in [1.807, 2.05) is 0 Å². The number of sulfonamides is 1. The van der Waals surface area contributed by atoms with Crippen molar-refractivity contribution in [2.24, 2.45) is 0 Å². The van der Waals surface area contributed by atoms with E-state index in [4.69, 9.17) is 11.6 Å². The predicted octanol–water partition coefficient (Wildman–Crippen LogP) is 2.06. The Kier molecular flexibility index (Phi) is 6.95. The normalized spacial score (nSPS) is 11.3. The number of halogens is 1. The Balaban J connectivity index is 1.94. The molecule has 27 heavy (non-hydrogen) atoms. The number of nitrogens with zero attached hydrogens (tertiary/aromatic N) is 2. The van der Waals surface area contributed by atoms with Crippen LogP contribution >= 0.6 is 11.6 Å². The first-order valence-corrected chi connectivity index (χ1v) is 9.82. The summed E-state index contributed by atoms with van der Waals surface area (Å²) in [7, 11) is -1.03. The van der Waals surface area contributed by atoms with Crippen molar-refractivity contribution in [2.45, 2.75) is 4.90 Å². The van der Waals surface area contributed by atoms with Gasteiger partial charge in [-0.1, -0.05) is 35.9 Å². The second-order valence-corrected chi connectivity index (χ2v) is 8.36. The van der Waals surface area contributed by atoms with Gasteiger partial charge in [0.2, 0.25) is 21.8 Å². The van der Waals surface area contributed by atoms with Crippen molar-refractivity contribution in [1.29, 1.82) is 0 Å². The molecule has 0 saturated carbocycles. The molecule has 0 aliphatic heterocycles. The minimum Gasteiger partial charge on any atom is -0.335 e. The summed E-state index contributed by atoms with van der Waals surface area (Å²) in [6.45, 7) is -0.594. The Morgan fingerprint density at radius 1 is 1.00 bits per heavy atom. The van der Waals surface area contributed by atoms with Crippen LogP contribution in [0.5, 0.6) is 0 Å². The fraction of sp³-hybridized carbons (Fsp3) is 0.222. The van der Waals surface area contributed by atoms with Crippen LogP contribution in [-0.2, 0) is 19.6 Å². The summed E-state index contributed by atoms with van der Waals surface area (Å²) in [6, 6.07) is 14.5. The molecule has 0 aliphatic carbocycles. The highest BCUT2D eigenvalue weighted by molar-refractivity contribution is 7.89. The van der Waals surface area contributed by atoms with Gasteiger partial charge < -0.3 is 10.2 Å². The third-order valence-corrected chi connectivity index (χ3v) is 5.78. The molecule has 0 spiro atoms. The van der Waals surface area contributed by atoms with Crippen molar-refractivity contribution >= 4 is 39.1 Å². The number of anilines is 1. The zero-order chi connectivity index (χ0) is 20.0. The van der Waals surface area contributed by atoms with E-state index < -0.39 is 21.8 Å². The monoisotopic (exact) mass is 409 g/mol. The van der Waals surface area contributed by atoms with Crippen molar-refractivity contribution in [3.8, 4) is 0 Å². The zero-order valence-electron chi connectivity index (χ0n) is 14.9. The standard InChI is InChI=1S/C18H20ClN3O4S/c1-21(12-17(23)20-15-8-6-7-14(19)11-15)18(24)13-22(2)27(25,26)16-9-4-3-5-10-16/h3-11H,12-13H2,1-2H3,(H,20,23). The average Bonchev–Trinajstić information content (AvgIpc) is 2.62. The van der Waals surface area contributed by atoms with Crippen molar-refractivity contribution in [3.05, 3.63) is 59.6 Å². The van der Waals surface area contributed by atoms with Gasteiger partial charge in [0.1, 0.15) is 0 Å². The van der Waals surface area contributed by atoms with Gasteiger partial charge in [0.25, 0.3) is 0 Å². The Morgan fingerprint density at radius 2 is 1.67 bits per heavy atom. The van der Waals surface area contributed by atoms with E-state index >= 15 is 0 Å². The molecule has 0 aliphatic rings. The molecule has 0 saturated heterocycles. The van der Waals surface area contributed by atoms with Crippen molar-refractivity contribution in [2.75, 3.05) is 32.5 Å². The maximum atomic E-state index is 12.4. The Labute approximate surface area is 163 Å². The largest absolute Gasteiger partial charge is 0.335 e. The molecular weight excluding hydrogens is 390 g/mol. The minimum absolute atomic E-state index is 0.0988. The van der Waals surface area contributed by atoms with Crippen LogP contribution in [0.1, 0.15) is 0 Å². The maximum Gasteiger partial charge on any atom is 0.243 e. The molecule has 7 nitrogen and oxygen atoms in total. The fourth-order valence-electron chi connectivity index (χ4n) is 2.24. The van der Waals surface area contributed by atoms with Crippen molar-refractivity contribution in [1.82, 2.24) is 9.21 Å². The molecular formula is C18H20ClN3O4S. The van der Waals surface area contributed by atoms with Gasteiger partial charge in [-0.3, -0.25) is 9.59 Å². The van der Waals surface area contributed by atoms with E-state index in [0.29, 0.717) is 10.7 Å². The van der Waals surface area contributed by atoms with Gasteiger partial charge in [0.05, 0.1) is 18.0 Å². The van der Waals surface area contributed by atoms with Gasteiger partial charge in [0, 0.05) is 24.8 Å². The summed E-state index contributed by atoms with van der Waals surface area (Å²) in [5.41, 5.74) is 0.511. The number of rotatable bonds is 7. The lowest BCUT2D eigenvalue weighted by molar-refractivity contribution is -0.133. The lowest BCUT2D eigenvalue weighted by Gasteiger charge is -2.21. The summed E-state index contributed by atoms with van der Waals surface area (Å²) in [6.07, 6.45) is 0. The molecule has 0 radical (unpaired) electrons. The molecule has 1 N–H and O–H groups in total. The summed E-state index contributed by atoms with van der Waals surface area (Å²) < 4.78 is 25.9. The highest BCUT2D eigenvalue weighted by Gasteiger charge is 2.24. The number of nitrogens with one attached hydrogen (secondary N) is 1.